The Balaban J connectivity index is 1.68. The van der Waals surface area contributed by atoms with Crippen LogP contribution >= 0.6 is 0 Å². The third-order valence-corrected chi connectivity index (χ3v) is 5.48. The Labute approximate surface area is 162 Å². The van der Waals surface area contributed by atoms with E-state index < -0.39 is 5.60 Å². The molecule has 4 heteroatoms. The van der Waals surface area contributed by atoms with Crippen molar-refractivity contribution in [2.45, 2.75) is 51.3 Å². The number of piperidine rings is 1. The topological polar surface area (TPSA) is 52.6 Å². The summed E-state index contributed by atoms with van der Waals surface area (Å²) >= 11 is 0. The molecule has 0 bridgehead atoms. The second kappa shape index (κ2) is 7.83. The second-order valence-corrected chi connectivity index (χ2v) is 8.20. The van der Waals surface area contributed by atoms with Gasteiger partial charge in [-0.2, -0.15) is 0 Å². The number of carbonyl (C=O) groups is 1. The van der Waals surface area contributed by atoms with Crippen LogP contribution in [-0.2, 0) is 16.9 Å². The molecule has 1 fully saturated rings. The average Bonchev–Trinajstić information content (AvgIpc) is 2.65. The second-order valence-electron chi connectivity index (χ2n) is 8.20. The third kappa shape index (κ3) is 4.57. The Morgan fingerprint density at radius 2 is 1.89 bits per heavy atom. The van der Waals surface area contributed by atoms with Crippen molar-refractivity contribution in [3.8, 4) is 0 Å². The van der Waals surface area contributed by atoms with Crippen molar-refractivity contribution in [3.63, 3.8) is 0 Å². The van der Waals surface area contributed by atoms with Crippen LogP contribution in [0, 0.1) is 6.92 Å². The van der Waals surface area contributed by atoms with Crippen LogP contribution in [0.1, 0.15) is 43.4 Å². The minimum absolute atomic E-state index is 0.174. The maximum absolute atomic E-state index is 13.0. The lowest BCUT2D eigenvalue weighted by molar-refractivity contribution is -0.157. The molecule has 2 aromatic rings. The van der Waals surface area contributed by atoms with E-state index in [0.29, 0.717) is 19.5 Å². The fourth-order valence-corrected chi connectivity index (χ4v) is 3.73. The van der Waals surface area contributed by atoms with E-state index in [4.69, 9.17) is 0 Å². The number of carbonyl (C=O) groups excluding carboxylic acids is 1. The van der Waals surface area contributed by atoms with Crippen molar-refractivity contribution >= 4 is 5.91 Å². The van der Waals surface area contributed by atoms with Gasteiger partial charge in [0.1, 0.15) is 0 Å². The zero-order valence-electron chi connectivity index (χ0n) is 16.5. The summed E-state index contributed by atoms with van der Waals surface area (Å²) in [6, 6.07) is 18.3. The Hall–Kier alpha value is -2.17. The zero-order valence-corrected chi connectivity index (χ0v) is 16.5. The number of hydrogen-bond acceptors (Lipinski definition) is 3. The number of nitrogens with one attached hydrogen (secondary N) is 1. The van der Waals surface area contributed by atoms with Crippen molar-refractivity contribution in [2.24, 2.45) is 0 Å². The Kier molecular flexibility index (Phi) is 5.68. The summed E-state index contributed by atoms with van der Waals surface area (Å²) < 4.78 is 0. The summed E-state index contributed by atoms with van der Waals surface area (Å²) in [7, 11) is 0. The number of aliphatic hydroxyl groups is 1. The maximum Gasteiger partial charge on any atom is 0.256 e. The molecule has 1 aliphatic rings. The third-order valence-electron chi connectivity index (χ3n) is 5.48. The van der Waals surface area contributed by atoms with Gasteiger partial charge in [-0.25, -0.2) is 0 Å². The largest absolute Gasteiger partial charge is 0.379 e. The first-order valence-electron chi connectivity index (χ1n) is 9.68. The van der Waals surface area contributed by atoms with Gasteiger partial charge in [0.05, 0.1) is 0 Å². The molecule has 0 aromatic heterocycles. The van der Waals surface area contributed by atoms with E-state index in [9.17, 15) is 9.90 Å². The van der Waals surface area contributed by atoms with Crippen LogP contribution in [0.15, 0.2) is 54.6 Å². The van der Waals surface area contributed by atoms with Crippen molar-refractivity contribution in [1.29, 1.82) is 0 Å². The molecule has 1 saturated heterocycles. The molecule has 2 N–H and O–H groups in total. The minimum atomic E-state index is -1.35. The van der Waals surface area contributed by atoms with Crippen LogP contribution in [0.25, 0.3) is 0 Å². The average molecular weight is 367 g/mol. The highest BCUT2D eigenvalue weighted by molar-refractivity contribution is 5.86. The van der Waals surface area contributed by atoms with Crippen molar-refractivity contribution in [3.05, 3.63) is 71.3 Å². The summed E-state index contributed by atoms with van der Waals surface area (Å²) in [6.45, 7) is 7.68. The lowest BCUT2D eigenvalue weighted by Crippen LogP contribution is -2.59. The molecule has 144 valence electrons. The first-order valence-corrected chi connectivity index (χ1v) is 9.68. The van der Waals surface area contributed by atoms with Crippen molar-refractivity contribution < 1.29 is 9.90 Å². The molecule has 2 aromatic carbocycles. The highest BCUT2D eigenvalue weighted by atomic mass is 16.3. The van der Waals surface area contributed by atoms with Gasteiger partial charge in [0.25, 0.3) is 5.91 Å². The molecule has 1 aliphatic heterocycles. The van der Waals surface area contributed by atoms with E-state index in [-0.39, 0.29) is 18.0 Å². The van der Waals surface area contributed by atoms with Gasteiger partial charge in [-0.05, 0) is 44.7 Å². The molecule has 1 atom stereocenters. The van der Waals surface area contributed by atoms with Crippen LogP contribution in [-0.4, -0.2) is 34.6 Å². The summed E-state index contributed by atoms with van der Waals surface area (Å²) in [5, 5.41) is 14.5. The van der Waals surface area contributed by atoms with Crippen molar-refractivity contribution in [1.82, 2.24) is 10.2 Å². The highest BCUT2D eigenvalue weighted by Gasteiger charge is 2.42. The molecule has 0 saturated carbocycles. The highest BCUT2D eigenvalue weighted by Crippen LogP contribution is 2.26. The van der Waals surface area contributed by atoms with Gasteiger partial charge < -0.3 is 15.3 Å². The molecule has 0 aliphatic carbocycles. The van der Waals surface area contributed by atoms with Gasteiger partial charge in [-0.1, -0.05) is 60.2 Å². The van der Waals surface area contributed by atoms with Gasteiger partial charge in [-0.15, -0.1) is 0 Å². The number of benzene rings is 2. The van der Waals surface area contributed by atoms with Crippen LogP contribution in [0.4, 0.5) is 0 Å². The normalized spacial score (nSPS) is 20.7. The van der Waals surface area contributed by atoms with Crippen LogP contribution < -0.4 is 5.32 Å². The number of hydrogen-bond donors (Lipinski definition) is 2. The van der Waals surface area contributed by atoms with E-state index in [1.165, 1.54) is 5.56 Å². The van der Waals surface area contributed by atoms with Gasteiger partial charge in [0.15, 0.2) is 5.60 Å². The first-order chi connectivity index (χ1) is 12.8. The predicted molar refractivity (Wildman–Crippen MR) is 108 cm³/mol. The summed E-state index contributed by atoms with van der Waals surface area (Å²) in [5.41, 5.74) is 1.74. The van der Waals surface area contributed by atoms with E-state index in [1.54, 1.807) is 4.90 Å². The van der Waals surface area contributed by atoms with Gasteiger partial charge >= 0.3 is 0 Å². The van der Waals surface area contributed by atoms with E-state index in [1.807, 2.05) is 43.3 Å². The SMILES string of the molecule is Cc1cccc(CN2CCC[C@](O)(CNC(C)(C)c3ccccc3)C2=O)c1. The first kappa shape index (κ1) is 19.6. The number of rotatable bonds is 6. The Bertz CT molecular complexity index is 788. The van der Waals surface area contributed by atoms with Crippen LogP contribution in [0.2, 0.25) is 0 Å². The minimum Gasteiger partial charge on any atom is -0.379 e. The molecule has 0 spiro atoms. The standard InChI is InChI=1S/C23H30N2O2/c1-18-9-7-10-19(15-18)16-25-14-8-13-23(27,21(25)26)17-24-22(2,3)20-11-5-4-6-12-20/h4-7,9-12,15,24,27H,8,13-14,16-17H2,1-3H3/t23-/m0/s1. The number of aryl methyl sites for hydroxylation is 1. The molecular weight excluding hydrogens is 336 g/mol. The quantitative estimate of drug-likeness (QED) is 0.824. The summed E-state index contributed by atoms with van der Waals surface area (Å²) in [5.74, 6) is -0.174. The molecular formula is C23H30N2O2. The smallest absolute Gasteiger partial charge is 0.256 e. The predicted octanol–water partition coefficient (Wildman–Crippen LogP) is 3.37. The van der Waals surface area contributed by atoms with Crippen LogP contribution in [0.3, 0.4) is 0 Å². The maximum atomic E-state index is 13.0. The molecule has 0 radical (unpaired) electrons. The molecule has 1 amide bonds. The summed E-state index contributed by atoms with van der Waals surface area (Å²) in [6.07, 6.45) is 1.30. The lowest BCUT2D eigenvalue weighted by atomic mass is 9.88. The van der Waals surface area contributed by atoms with Gasteiger partial charge in [-0.3, -0.25) is 4.79 Å². The molecule has 1 heterocycles. The van der Waals surface area contributed by atoms with Gasteiger partial charge in [0, 0.05) is 25.2 Å². The number of amides is 1. The van der Waals surface area contributed by atoms with Crippen molar-refractivity contribution in [2.75, 3.05) is 13.1 Å². The summed E-state index contributed by atoms with van der Waals surface area (Å²) in [4.78, 5) is 14.8. The van der Waals surface area contributed by atoms with Crippen LogP contribution in [0.5, 0.6) is 0 Å². The van der Waals surface area contributed by atoms with E-state index >= 15 is 0 Å². The lowest BCUT2D eigenvalue weighted by Gasteiger charge is -2.40. The monoisotopic (exact) mass is 366 g/mol. The fourth-order valence-electron chi connectivity index (χ4n) is 3.73. The number of nitrogens with zero attached hydrogens (tertiary/aromatic N) is 1. The molecule has 3 rings (SSSR count). The zero-order chi connectivity index (χ0) is 19.5. The van der Waals surface area contributed by atoms with Gasteiger partial charge in [0.2, 0.25) is 0 Å². The van der Waals surface area contributed by atoms with E-state index in [2.05, 4.69) is 37.4 Å². The fraction of sp³-hybridized carbons (Fsp3) is 0.435. The van der Waals surface area contributed by atoms with E-state index in [0.717, 1.165) is 17.5 Å². The molecule has 27 heavy (non-hydrogen) atoms. The Morgan fingerprint density at radius 3 is 2.59 bits per heavy atom. The molecule has 0 unspecified atom stereocenters. The number of likely N-dealkylation sites (tertiary alicyclic amines) is 1. The Morgan fingerprint density at radius 1 is 1.15 bits per heavy atom. The molecule has 4 nitrogen and oxygen atoms in total.